The lowest BCUT2D eigenvalue weighted by atomic mass is 10.1. The van der Waals surface area contributed by atoms with Crippen LogP contribution in [0.5, 0.6) is 0 Å². The van der Waals surface area contributed by atoms with Gasteiger partial charge in [-0.15, -0.1) is 0 Å². The summed E-state index contributed by atoms with van der Waals surface area (Å²) in [7, 11) is -1.94. The smallest absolute Gasteiger partial charge is 0.456 e. The van der Waals surface area contributed by atoms with Gasteiger partial charge in [0, 0.05) is 42.5 Å². The van der Waals surface area contributed by atoms with E-state index in [2.05, 4.69) is 34.2 Å². The molecule has 0 aliphatic heterocycles. The van der Waals surface area contributed by atoms with Gasteiger partial charge in [-0.25, -0.2) is 4.99 Å². The highest BCUT2D eigenvalue weighted by Crippen LogP contribution is 2.23. The Kier molecular flexibility index (Phi) is 7.25. The molecule has 3 nitrogen and oxygen atoms in total. The molecule has 166 valence electrons. The Morgan fingerprint density at radius 3 is 2.06 bits per heavy atom. The number of hydrogen-bond acceptors (Lipinski definition) is 2. The van der Waals surface area contributed by atoms with Crippen LogP contribution in [-0.2, 0) is 0 Å². The maximum absolute atomic E-state index is 9.75. The third-order valence-corrected chi connectivity index (χ3v) is 4.68. The van der Waals surface area contributed by atoms with Crippen molar-refractivity contribution in [3.05, 3.63) is 89.2 Å². The summed E-state index contributed by atoms with van der Waals surface area (Å²) in [5.74, 6) is 0.804. The Balaban J connectivity index is 0.000000523. The highest BCUT2D eigenvalue weighted by atomic mass is 35.5. The molecule has 0 spiro atoms. The molecule has 0 unspecified atom stereocenters. The van der Waals surface area contributed by atoms with Crippen LogP contribution in [0.15, 0.2) is 83.3 Å². The van der Waals surface area contributed by atoms with E-state index in [0.717, 1.165) is 39.0 Å². The maximum atomic E-state index is 9.75. The summed E-state index contributed by atoms with van der Waals surface area (Å²) in [4.78, 5) is 5.59. The first-order valence-corrected chi connectivity index (χ1v) is 10.0. The highest BCUT2D eigenvalue weighted by Gasteiger charge is 2.20. The van der Waals surface area contributed by atoms with Crippen molar-refractivity contribution in [1.82, 2.24) is 0 Å². The quantitative estimate of drug-likeness (QED) is 0.325. The topological polar surface area (TPSA) is 30.4 Å². The molecule has 4 rings (SSSR count). The van der Waals surface area contributed by atoms with Gasteiger partial charge in [0.25, 0.3) is 0 Å². The molecule has 0 aliphatic rings. The lowest BCUT2D eigenvalue weighted by Crippen LogP contribution is -2.70. The summed E-state index contributed by atoms with van der Waals surface area (Å²) < 4.78 is 45.1. The third-order valence-electron chi connectivity index (χ3n) is 4.45. The van der Waals surface area contributed by atoms with Crippen LogP contribution in [0.4, 0.5) is 28.6 Å². The zero-order chi connectivity index (χ0) is 23.3. The van der Waals surface area contributed by atoms with Crippen LogP contribution in [0.2, 0.25) is 5.02 Å². The van der Waals surface area contributed by atoms with Crippen LogP contribution in [0.1, 0.15) is 0 Å². The van der Waals surface area contributed by atoms with Gasteiger partial charge in [0.05, 0.1) is 11.5 Å². The molecule has 4 aromatic rings. The fourth-order valence-electron chi connectivity index (χ4n) is 3.00. The van der Waals surface area contributed by atoms with E-state index in [-0.39, 0.29) is 0 Å². The van der Waals surface area contributed by atoms with Gasteiger partial charge in [-0.1, -0.05) is 41.9 Å². The van der Waals surface area contributed by atoms with Gasteiger partial charge >= 0.3 is 7.25 Å². The molecule has 32 heavy (non-hydrogen) atoms. The van der Waals surface area contributed by atoms with Crippen molar-refractivity contribution in [3.8, 4) is 11.3 Å². The van der Waals surface area contributed by atoms with E-state index >= 15 is 0 Å². The number of halogens is 5. The van der Waals surface area contributed by atoms with Gasteiger partial charge < -0.3 is 26.6 Å². The van der Waals surface area contributed by atoms with Crippen LogP contribution in [0, 0.1) is 0 Å². The number of fused-ring (bicyclic) bond motifs is 1. The van der Waals surface area contributed by atoms with Crippen molar-refractivity contribution in [2.45, 2.75) is 0 Å². The van der Waals surface area contributed by atoms with Crippen LogP contribution >= 0.6 is 11.6 Å². The molecule has 0 fully saturated rings. The molecular formula is C23H20BClF4N2O. The number of anilines is 1. The van der Waals surface area contributed by atoms with Crippen molar-refractivity contribution in [3.63, 3.8) is 0 Å². The van der Waals surface area contributed by atoms with E-state index in [1.54, 1.807) is 0 Å². The van der Waals surface area contributed by atoms with E-state index in [1.165, 1.54) is 0 Å². The zero-order valence-electron chi connectivity index (χ0n) is 17.3. The lowest BCUT2D eigenvalue weighted by molar-refractivity contribution is -0.400. The predicted molar refractivity (Wildman–Crippen MR) is 121 cm³/mol. The van der Waals surface area contributed by atoms with Crippen molar-refractivity contribution in [2.24, 2.45) is 0 Å². The molecule has 9 heteroatoms. The zero-order valence-corrected chi connectivity index (χ0v) is 18.1. The molecule has 3 aromatic carbocycles. The summed E-state index contributed by atoms with van der Waals surface area (Å²) in [5.41, 5.74) is 3.97. The first-order valence-electron chi connectivity index (χ1n) is 9.64. The molecule has 0 bridgehead atoms. The fraction of sp³-hybridized carbons (Fsp3) is 0.0870. The summed E-state index contributed by atoms with van der Waals surface area (Å²) in [6.45, 7) is 0. The molecule has 0 saturated heterocycles. The molecule has 0 amide bonds. The minimum atomic E-state index is -6.00. The van der Waals surface area contributed by atoms with Gasteiger partial charge in [-0.2, -0.15) is 0 Å². The molecule has 1 heterocycles. The fourth-order valence-corrected chi connectivity index (χ4v) is 3.18. The number of hydrogen-bond donors (Lipinski definition) is 1. The predicted octanol–water partition coefficient (Wildman–Crippen LogP) is 5.43. The van der Waals surface area contributed by atoms with Crippen molar-refractivity contribution >= 4 is 41.2 Å². The summed E-state index contributed by atoms with van der Waals surface area (Å²) in [6, 6.07) is 26.1. The summed E-state index contributed by atoms with van der Waals surface area (Å²) >= 11 is 6.23. The number of rotatable bonds is 3. The largest absolute Gasteiger partial charge is 0.673 e. The minimum absolute atomic E-state index is 0.677. The second-order valence-electron chi connectivity index (χ2n) is 7.09. The maximum Gasteiger partial charge on any atom is 0.673 e. The Hall–Kier alpha value is -3.26. The minimum Gasteiger partial charge on any atom is -0.456 e. The van der Waals surface area contributed by atoms with Crippen molar-refractivity contribution < 1.29 is 26.7 Å². The first-order chi connectivity index (χ1) is 15.1. The normalized spacial score (nSPS) is 11.8. The van der Waals surface area contributed by atoms with Gasteiger partial charge in [0.1, 0.15) is 11.3 Å². The number of nitrogens with zero attached hydrogens (tertiary/aromatic N) is 1. The van der Waals surface area contributed by atoms with Crippen LogP contribution in [-0.4, -0.2) is 21.3 Å². The van der Waals surface area contributed by atoms with Gasteiger partial charge in [0.2, 0.25) is 11.0 Å². The molecule has 0 saturated carbocycles. The van der Waals surface area contributed by atoms with Crippen molar-refractivity contribution in [1.29, 1.82) is 0 Å². The average Bonchev–Trinajstić information content (AvgIpc) is 2.74. The summed E-state index contributed by atoms with van der Waals surface area (Å²) in [6.07, 6.45) is 0. The SMILES string of the molecule is CN(C)c1ccc([NH+]=c2cc(-c3ccccc3)oc3ccc(Cl)cc23)cc1.F[B-](F)(F)F. The number of nitrogens with one attached hydrogen (secondary N) is 1. The van der Waals surface area contributed by atoms with Crippen LogP contribution < -0.4 is 15.2 Å². The average molecular weight is 463 g/mol. The second-order valence-corrected chi connectivity index (χ2v) is 7.53. The number of benzene rings is 3. The molecule has 0 aliphatic carbocycles. The molecule has 1 N–H and O–H groups in total. The van der Waals surface area contributed by atoms with Crippen LogP contribution in [0.3, 0.4) is 0 Å². The van der Waals surface area contributed by atoms with Crippen LogP contribution in [0.25, 0.3) is 22.3 Å². The molecule has 0 radical (unpaired) electrons. The Morgan fingerprint density at radius 1 is 0.844 bits per heavy atom. The van der Waals surface area contributed by atoms with E-state index in [4.69, 9.17) is 16.0 Å². The van der Waals surface area contributed by atoms with E-state index in [0.29, 0.717) is 5.02 Å². The van der Waals surface area contributed by atoms with Gasteiger partial charge in [0.15, 0.2) is 0 Å². The highest BCUT2D eigenvalue weighted by molar-refractivity contribution is 6.50. The first kappa shape index (κ1) is 23.4. The molecular weight excluding hydrogens is 443 g/mol. The third kappa shape index (κ3) is 6.62. The van der Waals surface area contributed by atoms with E-state index in [1.807, 2.05) is 68.7 Å². The Morgan fingerprint density at radius 2 is 1.47 bits per heavy atom. The Bertz CT molecular complexity index is 1250. The second kappa shape index (κ2) is 9.91. The molecule has 0 atom stereocenters. The standard InChI is InChI=1S/C23H19ClN2O.BF4/c1-26(2)19-11-9-18(10-12-19)25-21-15-23(16-6-4-3-5-7-16)27-22-13-8-17(24)14-20(21)22;2-1(3,4)5/h3-15H,1-2H3;/q;-1/p+1. The monoisotopic (exact) mass is 462 g/mol. The lowest BCUT2D eigenvalue weighted by Gasteiger charge is -2.10. The van der Waals surface area contributed by atoms with Gasteiger partial charge in [-0.3, -0.25) is 0 Å². The van der Waals surface area contributed by atoms with E-state index < -0.39 is 7.25 Å². The van der Waals surface area contributed by atoms with Gasteiger partial charge in [-0.05, 0) is 30.3 Å². The van der Waals surface area contributed by atoms with Crippen molar-refractivity contribution in [2.75, 3.05) is 19.0 Å². The Labute approximate surface area is 187 Å². The summed E-state index contributed by atoms with van der Waals surface area (Å²) in [5, 5.41) is 2.57. The molecule has 1 aromatic heterocycles. The van der Waals surface area contributed by atoms with E-state index in [9.17, 15) is 17.3 Å².